The molecule has 0 radical (unpaired) electrons. The Hall–Kier alpha value is -0.600. The largest absolute Gasteiger partial charge is 0.506 e. The van der Waals surface area contributed by atoms with Crippen molar-refractivity contribution in [2.45, 2.75) is 25.3 Å². The number of hydrogen-bond donors (Lipinski definition) is 2. The number of halogens is 3. The average molecular weight is 443 g/mol. The van der Waals surface area contributed by atoms with Gasteiger partial charge in [-0.15, -0.1) is 24.8 Å². The van der Waals surface area contributed by atoms with Gasteiger partial charge in [0.2, 0.25) is 0 Å². The maximum absolute atomic E-state index is 11.1. The van der Waals surface area contributed by atoms with E-state index in [1.807, 2.05) is 0 Å². The highest BCUT2D eigenvalue weighted by atomic mass is 79.9. The van der Waals surface area contributed by atoms with Crippen LogP contribution < -0.4 is 5.32 Å². The minimum absolute atomic E-state index is 0. The molecule has 0 unspecified atom stereocenters. The van der Waals surface area contributed by atoms with Gasteiger partial charge < -0.3 is 10.4 Å². The molecule has 0 aromatic heterocycles. The number of nitrogens with one attached hydrogen (secondary N) is 1. The molecule has 9 heteroatoms. The predicted molar refractivity (Wildman–Crippen MR) is 101 cm³/mol. The molecule has 0 amide bonds. The van der Waals surface area contributed by atoms with Crippen molar-refractivity contribution < 1.29 is 10.0 Å². The summed E-state index contributed by atoms with van der Waals surface area (Å²) in [5, 5.41) is 24.9. The number of piperazine rings is 1. The highest BCUT2D eigenvalue weighted by Crippen LogP contribution is 2.45. The molecule has 0 bridgehead atoms. The third-order valence-electron chi connectivity index (χ3n) is 4.49. The van der Waals surface area contributed by atoms with E-state index < -0.39 is 4.92 Å². The van der Waals surface area contributed by atoms with E-state index in [2.05, 4.69) is 26.1 Å². The highest BCUT2D eigenvalue weighted by molar-refractivity contribution is 9.10. The topological polar surface area (TPSA) is 78.6 Å². The number of phenols is 1. The molecule has 6 nitrogen and oxygen atoms in total. The Labute approximate surface area is 162 Å². The quantitative estimate of drug-likeness (QED) is 0.537. The molecule has 1 atom stereocenters. The maximum atomic E-state index is 11.1. The van der Waals surface area contributed by atoms with Gasteiger partial charge in [0.1, 0.15) is 5.75 Å². The van der Waals surface area contributed by atoms with Crippen LogP contribution >= 0.6 is 40.7 Å². The fraction of sp³-hybridized carbons (Fsp3) is 0.600. The number of nitrogens with zero attached hydrogens (tertiary/aromatic N) is 2. The van der Waals surface area contributed by atoms with Crippen molar-refractivity contribution >= 4 is 46.4 Å². The van der Waals surface area contributed by atoms with Crippen LogP contribution in [0.25, 0.3) is 0 Å². The van der Waals surface area contributed by atoms with Gasteiger partial charge in [0.25, 0.3) is 5.69 Å². The lowest BCUT2D eigenvalue weighted by molar-refractivity contribution is -0.385. The zero-order valence-electron chi connectivity index (χ0n) is 13.1. The van der Waals surface area contributed by atoms with Crippen LogP contribution in [0.5, 0.6) is 5.75 Å². The first-order valence-electron chi connectivity index (χ1n) is 7.68. The van der Waals surface area contributed by atoms with Crippen LogP contribution in [0.4, 0.5) is 5.69 Å². The van der Waals surface area contributed by atoms with Gasteiger partial charge in [-0.1, -0.05) is 12.8 Å². The average Bonchev–Trinajstić information content (AvgIpc) is 3.32. The summed E-state index contributed by atoms with van der Waals surface area (Å²) in [5.41, 5.74) is 0.700. The predicted octanol–water partition coefficient (Wildman–Crippen LogP) is 3.65. The molecule has 1 aromatic rings. The molecule has 1 aliphatic heterocycles. The second-order valence-corrected chi connectivity index (χ2v) is 6.96. The van der Waals surface area contributed by atoms with E-state index in [0.717, 1.165) is 32.6 Å². The van der Waals surface area contributed by atoms with E-state index in [9.17, 15) is 15.2 Å². The van der Waals surface area contributed by atoms with Crippen molar-refractivity contribution in [3.05, 3.63) is 32.3 Å². The maximum Gasteiger partial charge on any atom is 0.271 e. The van der Waals surface area contributed by atoms with Crippen molar-refractivity contribution in [3.8, 4) is 5.75 Å². The first-order valence-corrected chi connectivity index (χ1v) is 8.47. The first-order chi connectivity index (χ1) is 10.6. The number of rotatable bonds is 5. The van der Waals surface area contributed by atoms with E-state index in [-0.39, 0.29) is 42.3 Å². The smallest absolute Gasteiger partial charge is 0.271 e. The Bertz CT molecular complexity index is 581. The number of nitro benzene ring substituents is 1. The van der Waals surface area contributed by atoms with Gasteiger partial charge in [0, 0.05) is 49.9 Å². The first kappa shape index (κ1) is 21.4. The van der Waals surface area contributed by atoms with Crippen LogP contribution in [0.2, 0.25) is 0 Å². The lowest BCUT2D eigenvalue weighted by Crippen LogP contribution is -2.45. The van der Waals surface area contributed by atoms with Gasteiger partial charge in [-0.05, 0) is 28.3 Å². The van der Waals surface area contributed by atoms with Crippen molar-refractivity contribution in [1.82, 2.24) is 10.2 Å². The van der Waals surface area contributed by atoms with E-state index in [1.165, 1.54) is 25.0 Å². The summed E-state index contributed by atoms with van der Waals surface area (Å²) in [4.78, 5) is 13.1. The molecule has 3 rings (SSSR count). The number of nitro groups is 1. The third-order valence-corrected chi connectivity index (χ3v) is 5.10. The third kappa shape index (κ3) is 4.95. The number of non-ortho nitro benzene ring substituents is 1. The summed E-state index contributed by atoms with van der Waals surface area (Å²) in [5.74, 6) is 0.812. The Morgan fingerprint density at radius 2 is 1.96 bits per heavy atom. The molecular formula is C15H22BrCl2N3O3. The number of phenolic OH excluding ortho intramolecular Hbond substituents is 1. The number of benzene rings is 1. The fourth-order valence-corrected chi connectivity index (χ4v) is 3.56. The standard InChI is InChI=1S/C15H20BrN3O3.2ClH/c16-13-9-11(19(21)22)8-12(15(13)20)14(7-10-1-2-10)18-5-3-17-4-6-18;;/h8-10,14,17,20H,1-7H2;2*1H/t14-;;/m0../s1. The Morgan fingerprint density at radius 1 is 1.33 bits per heavy atom. The van der Waals surface area contributed by atoms with Gasteiger partial charge >= 0.3 is 0 Å². The molecule has 136 valence electrons. The van der Waals surface area contributed by atoms with Crippen LogP contribution in [-0.4, -0.2) is 41.1 Å². The molecule has 0 spiro atoms. The minimum atomic E-state index is -0.403. The van der Waals surface area contributed by atoms with Crippen molar-refractivity contribution in [1.29, 1.82) is 0 Å². The molecule has 1 saturated heterocycles. The van der Waals surface area contributed by atoms with Crippen LogP contribution in [0, 0.1) is 16.0 Å². The van der Waals surface area contributed by atoms with Crippen LogP contribution in [0.3, 0.4) is 0 Å². The normalized spacial score (nSPS) is 19.0. The van der Waals surface area contributed by atoms with Crippen molar-refractivity contribution in [2.75, 3.05) is 26.2 Å². The minimum Gasteiger partial charge on any atom is -0.506 e. The van der Waals surface area contributed by atoms with Gasteiger partial charge in [-0.3, -0.25) is 15.0 Å². The van der Waals surface area contributed by atoms with Crippen molar-refractivity contribution in [2.24, 2.45) is 5.92 Å². The number of aromatic hydroxyl groups is 1. The Kier molecular flexibility index (Phi) is 8.22. The molecule has 1 aromatic carbocycles. The van der Waals surface area contributed by atoms with Gasteiger partial charge in [-0.25, -0.2) is 0 Å². The van der Waals surface area contributed by atoms with E-state index >= 15 is 0 Å². The monoisotopic (exact) mass is 441 g/mol. The second kappa shape index (κ2) is 9.20. The zero-order chi connectivity index (χ0) is 15.7. The van der Waals surface area contributed by atoms with E-state index in [4.69, 9.17) is 0 Å². The lowest BCUT2D eigenvalue weighted by Gasteiger charge is -2.35. The van der Waals surface area contributed by atoms with Crippen molar-refractivity contribution in [3.63, 3.8) is 0 Å². The van der Waals surface area contributed by atoms with Crippen LogP contribution in [-0.2, 0) is 0 Å². The zero-order valence-corrected chi connectivity index (χ0v) is 16.3. The number of hydrogen-bond acceptors (Lipinski definition) is 5. The lowest BCUT2D eigenvalue weighted by atomic mass is 9.97. The SMILES string of the molecule is Cl.Cl.O=[N+]([O-])c1cc(Br)c(O)c([C@H](CC2CC2)N2CCNCC2)c1. The highest BCUT2D eigenvalue weighted by Gasteiger charge is 2.33. The van der Waals surface area contributed by atoms with Crippen LogP contribution in [0.1, 0.15) is 30.9 Å². The molecule has 1 heterocycles. The van der Waals surface area contributed by atoms with Gasteiger partial charge in [0.05, 0.1) is 9.40 Å². The summed E-state index contributed by atoms with van der Waals surface area (Å²) in [6, 6.07) is 2.95. The molecule has 1 aliphatic carbocycles. The van der Waals surface area contributed by atoms with E-state index in [1.54, 1.807) is 0 Å². The van der Waals surface area contributed by atoms with Crippen LogP contribution in [0.15, 0.2) is 16.6 Å². The molecule has 24 heavy (non-hydrogen) atoms. The summed E-state index contributed by atoms with van der Waals surface area (Å²) in [6.07, 6.45) is 3.40. The van der Waals surface area contributed by atoms with Gasteiger partial charge in [-0.2, -0.15) is 0 Å². The fourth-order valence-electron chi connectivity index (χ4n) is 3.10. The summed E-state index contributed by atoms with van der Waals surface area (Å²) >= 11 is 3.25. The molecular weight excluding hydrogens is 421 g/mol. The summed E-state index contributed by atoms with van der Waals surface area (Å²) in [6.45, 7) is 3.63. The summed E-state index contributed by atoms with van der Waals surface area (Å²) in [7, 11) is 0. The summed E-state index contributed by atoms with van der Waals surface area (Å²) < 4.78 is 0.396. The Morgan fingerprint density at radius 3 is 2.50 bits per heavy atom. The van der Waals surface area contributed by atoms with E-state index in [0.29, 0.717) is 16.0 Å². The molecule has 2 fully saturated rings. The molecule has 2 N–H and O–H groups in total. The van der Waals surface area contributed by atoms with Gasteiger partial charge in [0.15, 0.2) is 0 Å². The molecule has 2 aliphatic rings. The second-order valence-electron chi connectivity index (χ2n) is 6.10. The molecule has 1 saturated carbocycles. The Balaban J connectivity index is 0.00000144.